The monoisotopic (exact) mass is 438 g/mol. The maximum Gasteiger partial charge on any atom is 0.192 e. The van der Waals surface area contributed by atoms with E-state index in [-0.39, 0.29) is 0 Å². The molecule has 4 rings (SSSR count). The topological polar surface area (TPSA) is 43.6 Å². The minimum atomic E-state index is 0.688. The number of rotatable bonds is 8. The van der Waals surface area contributed by atoms with Gasteiger partial charge in [0.2, 0.25) is 0 Å². The van der Waals surface area contributed by atoms with E-state index < -0.39 is 0 Å². The van der Waals surface area contributed by atoms with Gasteiger partial charge in [-0.2, -0.15) is 0 Å². The number of benzene rings is 1. The zero-order valence-corrected chi connectivity index (χ0v) is 18.9. The number of hydrogen-bond donors (Lipinski definition) is 0. The molecule has 4 aromatic rings. The molecule has 0 N–H and O–H groups in total. The molecule has 148 valence electrons. The van der Waals surface area contributed by atoms with Gasteiger partial charge in [0.05, 0.1) is 5.69 Å². The Balaban J connectivity index is 1.53. The van der Waals surface area contributed by atoms with E-state index in [0.29, 0.717) is 6.54 Å². The molecule has 0 aliphatic carbocycles. The van der Waals surface area contributed by atoms with Gasteiger partial charge in [0.25, 0.3) is 0 Å². The minimum Gasteiger partial charge on any atom is -0.298 e. The molecule has 0 aliphatic heterocycles. The zero-order chi connectivity index (χ0) is 20.2. The first-order valence-electron chi connectivity index (χ1n) is 9.44. The molecular weight excluding hydrogens is 416 g/mol. The van der Waals surface area contributed by atoms with Gasteiger partial charge >= 0.3 is 0 Å². The first-order chi connectivity index (χ1) is 14.2. The van der Waals surface area contributed by atoms with Gasteiger partial charge < -0.3 is 0 Å². The molecule has 0 aliphatic rings. The van der Waals surface area contributed by atoms with Crippen molar-refractivity contribution in [3.05, 3.63) is 69.9 Å². The van der Waals surface area contributed by atoms with Gasteiger partial charge in [-0.1, -0.05) is 49.0 Å². The van der Waals surface area contributed by atoms with Crippen molar-refractivity contribution >= 4 is 34.4 Å². The molecule has 0 saturated heterocycles. The molecule has 29 heavy (non-hydrogen) atoms. The molecule has 4 nitrogen and oxygen atoms in total. The quantitative estimate of drug-likeness (QED) is 0.233. The van der Waals surface area contributed by atoms with E-state index in [1.807, 2.05) is 6.08 Å². The number of nitrogens with zero attached hydrogens (tertiary/aromatic N) is 4. The molecule has 0 spiro atoms. The van der Waals surface area contributed by atoms with Crippen LogP contribution in [0.4, 0.5) is 0 Å². The van der Waals surface area contributed by atoms with E-state index in [1.54, 1.807) is 34.4 Å². The lowest BCUT2D eigenvalue weighted by molar-refractivity contribution is 0.731. The molecule has 3 heterocycles. The summed E-state index contributed by atoms with van der Waals surface area (Å²) < 4.78 is 2.13. The smallest absolute Gasteiger partial charge is 0.192 e. The van der Waals surface area contributed by atoms with Crippen LogP contribution in [0.3, 0.4) is 0 Å². The van der Waals surface area contributed by atoms with Crippen LogP contribution in [0.2, 0.25) is 0 Å². The molecule has 0 radical (unpaired) electrons. The standard InChI is InChI=1S/C22H22N4S3/c1-4-10-26-20(16-11-18(5-2)27-12-16)24-25-22(26)29-14-17-13-28-21(23-17)19-9-7-6-8-15(19)3/h4,6-9,11-13H,1,5,10,14H2,2-3H3. The summed E-state index contributed by atoms with van der Waals surface area (Å²) in [5.41, 5.74) is 4.65. The fourth-order valence-corrected chi connectivity index (χ4v) is 5.70. The van der Waals surface area contributed by atoms with E-state index in [0.717, 1.165) is 39.4 Å². The number of thiazole rings is 1. The fraction of sp³-hybridized carbons (Fsp3) is 0.227. The van der Waals surface area contributed by atoms with Crippen molar-refractivity contribution in [2.24, 2.45) is 0 Å². The van der Waals surface area contributed by atoms with Crippen LogP contribution in [0, 0.1) is 6.92 Å². The molecule has 7 heteroatoms. The van der Waals surface area contributed by atoms with Crippen LogP contribution >= 0.6 is 34.4 Å². The Kier molecular flexibility index (Phi) is 6.28. The predicted molar refractivity (Wildman–Crippen MR) is 125 cm³/mol. The van der Waals surface area contributed by atoms with Crippen LogP contribution in [0.25, 0.3) is 22.0 Å². The van der Waals surface area contributed by atoms with Crippen molar-refractivity contribution in [2.45, 2.75) is 37.7 Å². The lowest BCUT2D eigenvalue weighted by Crippen LogP contribution is -2.00. The third kappa shape index (κ3) is 4.37. The third-order valence-electron chi connectivity index (χ3n) is 4.57. The van der Waals surface area contributed by atoms with Gasteiger partial charge in [-0.15, -0.1) is 39.4 Å². The van der Waals surface area contributed by atoms with Crippen molar-refractivity contribution in [3.8, 4) is 22.0 Å². The summed E-state index contributed by atoms with van der Waals surface area (Å²) in [4.78, 5) is 6.19. The van der Waals surface area contributed by atoms with Crippen LogP contribution in [-0.2, 0) is 18.7 Å². The number of allylic oxidation sites excluding steroid dienone is 1. The second kappa shape index (κ2) is 9.07. The average molecular weight is 439 g/mol. The largest absolute Gasteiger partial charge is 0.298 e. The molecule has 0 bridgehead atoms. The summed E-state index contributed by atoms with van der Waals surface area (Å²) in [5.74, 6) is 1.67. The summed E-state index contributed by atoms with van der Waals surface area (Å²) in [6.07, 6.45) is 2.93. The SMILES string of the molecule is C=CCn1c(SCc2csc(-c3ccccc3C)n2)nnc1-c1csc(CC)c1. The highest BCUT2D eigenvalue weighted by Crippen LogP contribution is 2.31. The Labute approximate surface area is 183 Å². The van der Waals surface area contributed by atoms with E-state index in [9.17, 15) is 0 Å². The van der Waals surface area contributed by atoms with E-state index in [1.165, 1.54) is 16.0 Å². The molecule has 0 amide bonds. The Morgan fingerprint density at radius 2 is 2.03 bits per heavy atom. The van der Waals surface area contributed by atoms with Crippen molar-refractivity contribution in [1.82, 2.24) is 19.7 Å². The zero-order valence-electron chi connectivity index (χ0n) is 16.5. The summed E-state index contributed by atoms with van der Waals surface area (Å²) in [6.45, 7) is 8.89. The van der Waals surface area contributed by atoms with Crippen LogP contribution in [0.1, 0.15) is 23.1 Å². The molecule has 0 unspecified atom stereocenters. The molecule has 3 aromatic heterocycles. The summed E-state index contributed by atoms with van der Waals surface area (Å²) >= 11 is 5.13. The van der Waals surface area contributed by atoms with E-state index in [2.05, 4.69) is 76.3 Å². The van der Waals surface area contributed by atoms with Crippen LogP contribution in [0.5, 0.6) is 0 Å². The van der Waals surface area contributed by atoms with Gasteiger partial charge in [-0.3, -0.25) is 4.57 Å². The maximum absolute atomic E-state index is 4.83. The Hall–Kier alpha value is -2.22. The highest BCUT2D eigenvalue weighted by molar-refractivity contribution is 7.98. The van der Waals surface area contributed by atoms with Crippen molar-refractivity contribution < 1.29 is 0 Å². The van der Waals surface area contributed by atoms with Crippen LogP contribution < -0.4 is 0 Å². The fourth-order valence-electron chi connectivity index (χ4n) is 3.03. The molecule has 0 atom stereocenters. The number of hydrogen-bond acceptors (Lipinski definition) is 6. The lowest BCUT2D eigenvalue weighted by atomic mass is 10.1. The number of thiophene rings is 1. The normalized spacial score (nSPS) is 11.1. The van der Waals surface area contributed by atoms with Gasteiger partial charge in [0.1, 0.15) is 5.01 Å². The van der Waals surface area contributed by atoms with Crippen molar-refractivity contribution in [3.63, 3.8) is 0 Å². The lowest BCUT2D eigenvalue weighted by Gasteiger charge is -2.06. The minimum absolute atomic E-state index is 0.688. The molecule has 0 saturated carbocycles. The molecule has 0 fully saturated rings. The van der Waals surface area contributed by atoms with E-state index >= 15 is 0 Å². The predicted octanol–water partition coefficient (Wildman–Crippen LogP) is 6.48. The van der Waals surface area contributed by atoms with Gasteiger partial charge in [-0.25, -0.2) is 4.98 Å². The highest BCUT2D eigenvalue weighted by atomic mass is 32.2. The Bertz CT molecular complexity index is 1120. The average Bonchev–Trinajstić information content (AvgIpc) is 3.47. The van der Waals surface area contributed by atoms with Crippen molar-refractivity contribution in [1.29, 1.82) is 0 Å². The first kappa shape index (κ1) is 20.1. The van der Waals surface area contributed by atoms with Gasteiger partial charge in [0, 0.05) is 39.1 Å². The first-order valence-corrected chi connectivity index (χ1v) is 12.2. The Morgan fingerprint density at radius 3 is 2.79 bits per heavy atom. The van der Waals surface area contributed by atoms with Crippen LogP contribution in [-0.4, -0.2) is 19.7 Å². The van der Waals surface area contributed by atoms with E-state index in [4.69, 9.17) is 4.98 Å². The summed E-state index contributed by atoms with van der Waals surface area (Å²) in [7, 11) is 0. The number of thioether (sulfide) groups is 1. The second-order valence-corrected chi connectivity index (χ2v) is 9.40. The Morgan fingerprint density at radius 1 is 1.17 bits per heavy atom. The van der Waals surface area contributed by atoms with Crippen molar-refractivity contribution in [2.75, 3.05) is 0 Å². The molecule has 1 aromatic carbocycles. The van der Waals surface area contributed by atoms with Gasteiger partial charge in [-0.05, 0) is 25.0 Å². The maximum atomic E-state index is 4.83. The number of aryl methyl sites for hydroxylation is 2. The molecular formula is C22H22N4S3. The van der Waals surface area contributed by atoms with Gasteiger partial charge in [0.15, 0.2) is 11.0 Å². The summed E-state index contributed by atoms with van der Waals surface area (Å²) in [5, 5.41) is 15.2. The highest BCUT2D eigenvalue weighted by Gasteiger charge is 2.16. The summed E-state index contributed by atoms with van der Waals surface area (Å²) in [6, 6.07) is 10.6. The third-order valence-corrected chi connectivity index (χ3v) is 7.57. The number of aromatic nitrogens is 4. The second-order valence-electron chi connectivity index (χ2n) is 6.61. The van der Waals surface area contributed by atoms with Crippen LogP contribution in [0.15, 0.2) is 58.9 Å².